The summed E-state index contributed by atoms with van der Waals surface area (Å²) in [6, 6.07) is 6.18. The average molecular weight is 328 g/mol. The molecule has 0 fully saturated rings. The normalized spacial score (nSPS) is 12.2. The Morgan fingerprint density at radius 2 is 1.43 bits per heavy atom. The maximum Gasteiger partial charge on any atom is 0.538 e. The van der Waals surface area contributed by atoms with Crippen LogP contribution in [0.15, 0.2) is 30.6 Å². The summed E-state index contributed by atoms with van der Waals surface area (Å²) in [5.41, 5.74) is 4.04. The highest BCUT2D eigenvalue weighted by atomic mass is 28.4. The third-order valence-electron chi connectivity index (χ3n) is 4.37. The Hall–Kier alpha value is -1.86. The number of fused-ring (bicyclic) bond motifs is 3. The first-order chi connectivity index (χ1) is 11.1. The van der Waals surface area contributed by atoms with Crippen molar-refractivity contribution in [1.82, 2.24) is 9.97 Å². The molecule has 0 atom stereocenters. The molecular weight excluding hydrogens is 308 g/mol. The van der Waals surface area contributed by atoms with Gasteiger partial charge in [0.25, 0.3) is 0 Å². The van der Waals surface area contributed by atoms with Crippen LogP contribution >= 0.6 is 0 Å². The summed E-state index contributed by atoms with van der Waals surface area (Å²) in [6.07, 6.45) is 3.62. The van der Waals surface area contributed by atoms with Crippen LogP contribution in [0.4, 0.5) is 0 Å². The number of hydrogen-bond acceptors (Lipinski definition) is 5. The summed E-state index contributed by atoms with van der Waals surface area (Å²) < 4.78 is 16.8. The number of rotatable bonds is 4. The van der Waals surface area contributed by atoms with Gasteiger partial charge in [0.1, 0.15) is 0 Å². The number of benzene rings is 1. The van der Waals surface area contributed by atoms with E-state index in [-0.39, 0.29) is 0 Å². The van der Waals surface area contributed by atoms with Gasteiger partial charge in [-0.25, -0.2) is 0 Å². The van der Waals surface area contributed by atoms with Crippen LogP contribution in [0.1, 0.15) is 11.1 Å². The molecule has 0 aliphatic heterocycles. The van der Waals surface area contributed by atoms with Gasteiger partial charge in [-0.15, -0.1) is 0 Å². The van der Waals surface area contributed by atoms with Crippen molar-refractivity contribution < 1.29 is 13.3 Å². The van der Waals surface area contributed by atoms with Gasteiger partial charge in [0.2, 0.25) is 0 Å². The minimum absolute atomic E-state index is 0.879. The van der Waals surface area contributed by atoms with E-state index in [4.69, 9.17) is 13.3 Å². The summed E-state index contributed by atoms with van der Waals surface area (Å²) in [6.45, 7) is 4.12. The molecule has 0 saturated heterocycles. The van der Waals surface area contributed by atoms with Gasteiger partial charge in [-0.2, -0.15) is 0 Å². The molecule has 3 aromatic rings. The lowest BCUT2D eigenvalue weighted by Crippen LogP contribution is -2.55. The molecule has 2 aromatic heterocycles. The quantitative estimate of drug-likeness (QED) is 0.544. The average Bonchev–Trinajstić information content (AvgIpc) is 2.58. The van der Waals surface area contributed by atoms with Crippen LogP contribution in [0.3, 0.4) is 0 Å². The summed E-state index contributed by atoms with van der Waals surface area (Å²) in [4.78, 5) is 9.17. The van der Waals surface area contributed by atoms with Gasteiger partial charge in [0.05, 0.1) is 11.0 Å². The molecule has 2 heterocycles. The summed E-state index contributed by atoms with van der Waals surface area (Å²) in [7, 11) is 1.90. The zero-order valence-corrected chi connectivity index (χ0v) is 15.0. The van der Waals surface area contributed by atoms with Crippen molar-refractivity contribution in [1.29, 1.82) is 0 Å². The Balaban J connectivity index is 2.35. The molecule has 6 heteroatoms. The molecule has 120 valence electrons. The van der Waals surface area contributed by atoms with Crippen molar-refractivity contribution in [3.05, 3.63) is 41.7 Å². The molecule has 5 nitrogen and oxygen atoms in total. The van der Waals surface area contributed by atoms with Gasteiger partial charge in [0, 0.05) is 49.7 Å². The van der Waals surface area contributed by atoms with Gasteiger partial charge in [0.15, 0.2) is 0 Å². The predicted octanol–water partition coefficient (Wildman–Crippen LogP) is 2.48. The van der Waals surface area contributed by atoms with Crippen LogP contribution in [0.2, 0.25) is 0 Å². The van der Waals surface area contributed by atoms with Crippen molar-refractivity contribution in [3.8, 4) is 0 Å². The lowest BCUT2D eigenvalue weighted by atomic mass is 10.0. The van der Waals surface area contributed by atoms with Crippen LogP contribution in [-0.4, -0.2) is 40.1 Å². The SMILES string of the molecule is CO[Si](OC)(OC)c1cnc2c(ccc3c(C)ccnc32)c1C. The summed E-state index contributed by atoms with van der Waals surface area (Å²) in [5, 5.41) is 3.04. The first-order valence-corrected chi connectivity index (χ1v) is 9.10. The Labute approximate surface area is 136 Å². The highest BCUT2D eigenvalue weighted by molar-refractivity contribution is 6.75. The zero-order valence-electron chi connectivity index (χ0n) is 14.0. The predicted molar refractivity (Wildman–Crippen MR) is 92.9 cm³/mol. The highest BCUT2D eigenvalue weighted by Crippen LogP contribution is 2.26. The van der Waals surface area contributed by atoms with E-state index in [2.05, 4.69) is 29.0 Å². The van der Waals surface area contributed by atoms with Crippen LogP contribution in [0.5, 0.6) is 0 Å². The molecule has 3 rings (SSSR count). The fraction of sp³-hybridized carbons (Fsp3) is 0.294. The van der Waals surface area contributed by atoms with E-state index >= 15 is 0 Å². The minimum atomic E-state index is -2.92. The maximum atomic E-state index is 5.60. The van der Waals surface area contributed by atoms with Crippen molar-refractivity contribution >= 4 is 35.8 Å². The molecule has 23 heavy (non-hydrogen) atoms. The van der Waals surface area contributed by atoms with Gasteiger partial charge >= 0.3 is 8.80 Å². The Morgan fingerprint density at radius 1 is 0.826 bits per heavy atom. The highest BCUT2D eigenvalue weighted by Gasteiger charge is 2.42. The number of hydrogen-bond donors (Lipinski definition) is 0. The Morgan fingerprint density at radius 3 is 2.09 bits per heavy atom. The van der Waals surface area contributed by atoms with E-state index in [0.29, 0.717) is 0 Å². The van der Waals surface area contributed by atoms with Crippen LogP contribution in [0, 0.1) is 13.8 Å². The van der Waals surface area contributed by atoms with Gasteiger partial charge in [-0.1, -0.05) is 12.1 Å². The Kier molecular flexibility index (Phi) is 4.16. The number of aromatic nitrogens is 2. The number of nitrogens with zero attached hydrogens (tertiary/aromatic N) is 2. The molecule has 0 spiro atoms. The summed E-state index contributed by atoms with van der Waals surface area (Å²) in [5.74, 6) is 0. The van der Waals surface area contributed by atoms with Crippen molar-refractivity contribution in [2.45, 2.75) is 13.8 Å². The molecule has 1 aromatic carbocycles. The lowest BCUT2D eigenvalue weighted by molar-refractivity contribution is 0.140. The van der Waals surface area contributed by atoms with Crippen molar-refractivity contribution in [3.63, 3.8) is 0 Å². The van der Waals surface area contributed by atoms with Gasteiger partial charge in [-0.3, -0.25) is 9.97 Å². The van der Waals surface area contributed by atoms with E-state index in [1.165, 1.54) is 5.56 Å². The van der Waals surface area contributed by atoms with Gasteiger partial charge < -0.3 is 13.3 Å². The molecule has 0 saturated carbocycles. The zero-order chi connectivity index (χ0) is 16.6. The molecule has 0 unspecified atom stereocenters. The van der Waals surface area contributed by atoms with Crippen LogP contribution < -0.4 is 5.19 Å². The topological polar surface area (TPSA) is 53.5 Å². The van der Waals surface area contributed by atoms with E-state index in [1.54, 1.807) is 27.5 Å². The van der Waals surface area contributed by atoms with Gasteiger partial charge in [-0.05, 0) is 31.0 Å². The standard InChI is InChI=1S/C17H20N2O3Si/c1-11-8-9-18-16-13(11)6-7-14-12(2)15(10-19-17(14)16)23(20-3,21-4)22-5/h6-10H,1-5H3. The fourth-order valence-electron chi connectivity index (χ4n) is 3.03. The molecule has 0 amide bonds. The molecule has 0 aliphatic carbocycles. The second-order valence-corrected chi connectivity index (χ2v) is 8.33. The molecule has 0 bridgehead atoms. The molecule has 0 radical (unpaired) electrons. The number of aryl methyl sites for hydroxylation is 2. The molecule has 0 N–H and O–H groups in total. The third kappa shape index (κ3) is 2.35. The fourth-order valence-corrected chi connectivity index (χ4v) is 5.01. The lowest BCUT2D eigenvalue weighted by Gasteiger charge is -2.26. The van der Waals surface area contributed by atoms with Crippen molar-refractivity contribution in [2.24, 2.45) is 0 Å². The largest absolute Gasteiger partial charge is 0.538 e. The van der Waals surface area contributed by atoms with Crippen LogP contribution in [0.25, 0.3) is 21.8 Å². The van der Waals surface area contributed by atoms with E-state index in [1.807, 2.05) is 19.2 Å². The monoisotopic (exact) mass is 328 g/mol. The molecular formula is C17H20N2O3Si. The summed E-state index contributed by atoms with van der Waals surface area (Å²) >= 11 is 0. The second kappa shape index (κ2) is 5.97. The maximum absolute atomic E-state index is 5.60. The smallest absolute Gasteiger partial charge is 0.373 e. The van der Waals surface area contributed by atoms with Crippen LogP contribution in [-0.2, 0) is 13.3 Å². The Bertz CT molecular complexity index is 870. The number of pyridine rings is 2. The van der Waals surface area contributed by atoms with E-state index in [9.17, 15) is 0 Å². The molecule has 0 aliphatic rings. The van der Waals surface area contributed by atoms with E-state index in [0.717, 1.165) is 32.6 Å². The van der Waals surface area contributed by atoms with E-state index < -0.39 is 8.80 Å². The third-order valence-corrected chi connectivity index (χ3v) is 7.15. The minimum Gasteiger partial charge on any atom is -0.373 e. The first-order valence-electron chi connectivity index (χ1n) is 7.37. The van der Waals surface area contributed by atoms with Crippen molar-refractivity contribution in [2.75, 3.05) is 21.3 Å². The second-order valence-electron chi connectivity index (χ2n) is 5.45. The first kappa shape index (κ1) is 16.0.